The minimum atomic E-state index is -0.330. The lowest BCUT2D eigenvalue weighted by atomic mass is 10.1. The van der Waals surface area contributed by atoms with E-state index in [0.717, 1.165) is 5.56 Å². The summed E-state index contributed by atoms with van der Waals surface area (Å²) in [7, 11) is 3.28. The van der Waals surface area contributed by atoms with E-state index < -0.39 is 0 Å². The standard InChI is InChI=1S/C20H25FN4O2/c1-14(27-18-9-5-8-17(21)11-18)12-24-20(23-3)25-13-15-6-4-7-16(10-15)19(26)22-2/h4-11,14H,12-13H2,1-3H3,(H,22,26)(H2,23,24,25). The first-order chi connectivity index (χ1) is 13.0. The average molecular weight is 372 g/mol. The number of aliphatic imine (C=N–C) groups is 1. The molecule has 0 aliphatic carbocycles. The molecule has 0 radical (unpaired) electrons. The predicted octanol–water partition coefficient (Wildman–Crippen LogP) is 2.32. The molecular formula is C20H25FN4O2. The maximum Gasteiger partial charge on any atom is 0.251 e. The Balaban J connectivity index is 1.83. The maximum absolute atomic E-state index is 13.2. The van der Waals surface area contributed by atoms with E-state index in [4.69, 9.17) is 4.74 Å². The van der Waals surface area contributed by atoms with E-state index in [1.165, 1.54) is 12.1 Å². The van der Waals surface area contributed by atoms with E-state index in [1.807, 2.05) is 25.1 Å². The van der Waals surface area contributed by atoms with Gasteiger partial charge in [-0.25, -0.2) is 4.39 Å². The Morgan fingerprint density at radius 3 is 2.67 bits per heavy atom. The van der Waals surface area contributed by atoms with Crippen LogP contribution in [-0.2, 0) is 6.54 Å². The number of nitrogens with one attached hydrogen (secondary N) is 3. The highest BCUT2D eigenvalue weighted by atomic mass is 19.1. The summed E-state index contributed by atoms with van der Waals surface area (Å²) in [5.74, 6) is 0.639. The van der Waals surface area contributed by atoms with Crippen LogP contribution < -0.4 is 20.7 Å². The minimum absolute atomic E-state index is 0.123. The quantitative estimate of drug-likeness (QED) is 0.515. The molecule has 3 N–H and O–H groups in total. The fourth-order valence-electron chi connectivity index (χ4n) is 2.43. The van der Waals surface area contributed by atoms with Crippen molar-refractivity contribution in [2.24, 2.45) is 4.99 Å². The normalized spacial score (nSPS) is 12.2. The van der Waals surface area contributed by atoms with Gasteiger partial charge in [-0.15, -0.1) is 0 Å². The van der Waals surface area contributed by atoms with Crippen molar-refractivity contribution in [3.63, 3.8) is 0 Å². The van der Waals surface area contributed by atoms with Crippen molar-refractivity contribution >= 4 is 11.9 Å². The Morgan fingerprint density at radius 1 is 1.19 bits per heavy atom. The average Bonchev–Trinajstić information content (AvgIpc) is 2.67. The third kappa shape index (κ3) is 6.62. The van der Waals surface area contributed by atoms with E-state index in [9.17, 15) is 9.18 Å². The van der Waals surface area contributed by atoms with Crippen LogP contribution in [0.3, 0.4) is 0 Å². The fraction of sp³-hybridized carbons (Fsp3) is 0.300. The van der Waals surface area contributed by atoms with Gasteiger partial charge in [0.1, 0.15) is 17.7 Å². The zero-order valence-corrected chi connectivity index (χ0v) is 15.8. The summed E-state index contributed by atoms with van der Waals surface area (Å²) < 4.78 is 18.9. The van der Waals surface area contributed by atoms with Crippen molar-refractivity contribution < 1.29 is 13.9 Å². The van der Waals surface area contributed by atoms with Crippen LogP contribution in [0, 0.1) is 5.82 Å². The number of ether oxygens (including phenoxy) is 1. The summed E-state index contributed by atoms with van der Waals surface area (Å²) in [6.07, 6.45) is -0.179. The highest BCUT2D eigenvalue weighted by Crippen LogP contribution is 2.13. The van der Waals surface area contributed by atoms with Crippen LogP contribution in [-0.4, -0.2) is 38.6 Å². The molecule has 0 fully saturated rings. The number of nitrogens with zero attached hydrogens (tertiary/aromatic N) is 1. The summed E-state index contributed by atoms with van der Waals surface area (Å²) in [5.41, 5.74) is 1.57. The van der Waals surface area contributed by atoms with Crippen LogP contribution in [0.4, 0.5) is 4.39 Å². The largest absolute Gasteiger partial charge is 0.489 e. The van der Waals surface area contributed by atoms with Gasteiger partial charge in [0.15, 0.2) is 5.96 Å². The number of rotatable bonds is 7. The molecule has 2 aromatic carbocycles. The lowest BCUT2D eigenvalue weighted by molar-refractivity contribution is 0.0963. The molecule has 0 aromatic heterocycles. The molecule has 2 rings (SSSR count). The number of guanidine groups is 1. The Kier molecular flexibility index (Phi) is 7.61. The molecule has 7 heteroatoms. The second-order valence-electron chi connectivity index (χ2n) is 5.97. The summed E-state index contributed by atoms with van der Waals surface area (Å²) in [5, 5.41) is 8.96. The molecule has 1 atom stereocenters. The fourth-order valence-corrected chi connectivity index (χ4v) is 2.43. The molecule has 2 aromatic rings. The van der Waals surface area contributed by atoms with Gasteiger partial charge >= 0.3 is 0 Å². The van der Waals surface area contributed by atoms with Crippen molar-refractivity contribution in [3.05, 3.63) is 65.5 Å². The molecule has 27 heavy (non-hydrogen) atoms. The Bertz CT molecular complexity index is 795. The lowest BCUT2D eigenvalue weighted by Crippen LogP contribution is -2.41. The SMILES string of the molecule is CN=C(NCc1cccc(C(=O)NC)c1)NCC(C)Oc1cccc(F)c1. The molecule has 0 saturated carbocycles. The number of hydrogen-bond donors (Lipinski definition) is 3. The molecule has 0 bridgehead atoms. The number of amides is 1. The Hall–Kier alpha value is -3.09. The van der Waals surface area contributed by atoms with Crippen LogP contribution >= 0.6 is 0 Å². The first-order valence-electron chi connectivity index (χ1n) is 8.69. The summed E-state index contributed by atoms with van der Waals surface area (Å²) in [6.45, 7) is 2.90. The van der Waals surface area contributed by atoms with Crippen LogP contribution in [0.2, 0.25) is 0 Å². The van der Waals surface area contributed by atoms with Gasteiger partial charge in [-0.1, -0.05) is 18.2 Å². The monoisotopic (exact) mass is 372 g/mol. The second-order valence-corrected chi connectivity index (χ2v) is 5.97. The topological polar surface area (TPSA) is 74.8 Å². The number of carbonyl (C=O) groups is 1. The summed E-state index contributed by atoms with van der Waals surface area (Å²) in [4.78, 5) is 15.9. The zero-order valence-electron chi connectivity index (χ0n) is 15.8. The molecular weight excluding hydrogens is 347 g/mol. The summed E-state index contributed by atoms with van der Waals surface area (Å²) in [6, 6.07) is 13.4. The number of carbonyl (C=O) groups excluding carboxylic acids is 1. The minimum Gasteiger partial charge on any atom is -0.489 e. The van der Waals surface area contributed by atoms with Gasteiger partial charge < -0.3 is 20.7 Å². The lowest BCUT2D eigenvalue weighted by Gasteiger charge is -2.18. The molecule has 0 heterocycles. The maximum atomic E-state index is 13.2. The summed E-state index contributed by atoms with van der Waals surface area (Å²) >= 11 is 0. The molecule has 0 saturated heterocycles. The van der Waals surface area contributed by atoms with Gasteiger partial charge in [0.2, 0.25) is 0 Å². The van der Waals surface area contributed by atoms with Gasteiger partial charge in [0.05, 0.1) is 6.54 Å². The molecule has 6 nitrogen and oxygen atoms in total. The van der Waals surface area contributed by atoms with Gasteiger partial charge in [-0.2, -0.15) is 0 Å². The van der Waals surface area contributed by atoms with Crippen molar-refractivity contribution in [2.45, 2.75) is 19.6 Å². The molecule has 0 aliphatic rings. The van der Waals surface area contributed by atoms with Gasteiger partial charge in [0.25, 0.3) is 5.91 Å². The van der Waals surface area contributed by atoms with Crippen molar-refractivity contribution in [1.29, 1.82) is 0 Å². The third-order valence-corrected chi connectivity index (χ3v) is 3.79. The highest BCUT2D eigenvalue weighted by Gasteiger charge is 2.07. The third-order valence-electron chi connectivity index (χ3n) is 3.79. The van der Waals surface area contributed by atoms with E-state index in [1.54, 1.807) is 32.3 Å². The predicted molar refractivity (Wildman–Crippen MR) is 105 cm³/mol. The number of benzene rings is 2. The molecule has 0 spiro atoms. The highest BCUT2D eigenvalue weighted by molar-refractivity contribution is 5.94. The molecule has 0 aliphatic heterocycles. The van der Waals surface area contributed by atoms with Gasteiger partial charge in [0, 0.05) is 32.3 Å². The molecule has 1 amide bonds. The van der Waals surface area contributed by atoms with Gasteiger partial charge in [-0.3, -0.25) is 9.79 Å². The van der Waals surface area contributed by atoms with E-state index in [0.29, 0.717) is 30.4 Å². The molecule has 144 valence electrons. The van der Waals surface area contributed by atoms with Crippen LogP contribution in [0.5, 0.6) is 5.75 Å². The number of halogens is 1. The van der Waals surface area contributed by atoms with E-state index >= 15 is 0 Å². The number of hydrogen-bond acceptors (Lipinski definition) is 3. The van der Waals surface area contributed by atoms with Crippen LogP contribution in [0.15, 0.2) is 53.5 Å². The van der Waals surface area contributed by atoms with Crippen molar-refractivity contribution in [3.8, 4) is 5.75 Å². The molecule has 1 unspecified atom stereocenters. The Labute approximate surface area is 158 Å². The van der Waals surface area contributed by atoms with Gasteiger partial charge in [-0.05, 0) is 36.8 Å². The zero-order chi connectivity index (χ0) is 19.6. The first-order valence-corrected chi connectivity index (χ1v) is 8.69. The Morgan fingerprint density at radius 2 is 1.96 bits per heavy atom. The van der Waals surface area contributed by atoms with Crippen LogP contribution in [0.25, 0.3) is 0 Å². The van der Waals surface area contributed by atoms with Crippen molar-refractivity contribution in [1.82, 2.24) is 16.0 Å². The van der Waals surface area contributed by atoms with E-state index in [-0.39, 0.29) is 17.8 Å². The smallest absolute Gasteiger partial charge is 0.251 e. The van der Waals surface area contributed by atoms with Crippen LogP contribution in [0.1, 0.15) is 22.8 Å². The second kappa shape index (κ2) is 10.2. The first kappa shape index (κ1) is 20.2. The van der Waals surface area contributed by atoms with Crippen molar-refractivity contribution in [2.75, 3.05) is 20.6 Å². The van der Waals surface area contributed by atoms with E-state index in [2.05, 4.69) is 20.9 Å².